The molecule has 0 unspecified atom stereocenters. The van der Waals surface area contributed by atoms with Gasteiger partial charge in [0.1, 0.15) is 11.5 Å². The molecule has 25 heavy (non-hydrogen) atoms. The number of halogens is 1. The largest absolute Gasteiger partial charge is 0.495 e. The van der Waals surface area contributed by atoms with Crippen molar-refractivity contribution in [2.24, 2.45) is 0 Å². The third kappa shape index (κ3) is 4.89. The first-order chi connectivity index (χ1) is 11.8. The van der Waals surface area contributed by atoms with Crippen LogP contribution in [0.15, 0.2) is 36.4 Å². The first-order valence-electron chi connectivity index (χ1n) is 8.23. The SMILES string of the molecule is COc1ccc(NC(=O)[C@H](C)Oc2cc(C)ccc2C(C)C)cc1Cl. The summed E-state index contributed by atoms with van der Waals surface area (Å²) in [5.74, 6) is 1.37. The van der Waals surface area contributed by atoms with Crippen LogP contribution in [-0.4, -0.2) is 19.1 Å². The van der Waals surface area contributed by atoms with Gasteiger partial charge in [0.15, 0.2) is 6.10 Å². The fourth-order valence-electron chi connectivity index (χ4n) is 2.45. The Kier molecular flexibility index (Phi) is 6.32. The standard InChI is InChI=1S/C20H24ClNO3/c1-12(2)16-8-6-13(3)10-19(16)25-14(4)20(23)22-15-7-9-18(24-5)17(21)11-15/h6-12,14H,1-5H3,(H,22,23)/t14-/m0/s1. The van der Waals surface area contributed by atoms with E-state index in [0.717, 1.165) is 16.9 Å². The second-order valence-electron chi connectivity index (χ2n) is 6.29. The summed E-state index contributed by atoms with van der Waals surface area (Å²) < 4.78 is 11.0. The van der Waals surface area contributed by atoms with Crippen molar-refractivity contribution in [2.45, 2.75) is 39.7 Å². The Bertz CT molecular complexity index is 759. The van der Waals surface area contributed by atoms with Gasteiger partial charge in [0, 0.05) is 5.69 Å². The molecule has 0 radical (unpaired) electrons. The molecule has 0 fully saturated rings. The predicted octanol–water partition coefficient (Wildman–Crippen LogP) is 5.19. The van der Waals surface area contributed by atoms with Gasteiger partial charge in [0.05, 0.1) is 12.1 Å². The normalized spacial score (nSPS) is 12.0. The highest BCUT2D eigenvalue weighted by atomic mass is 35.5. The topological polar surface area (TPSA) is 47.6 Å². The van der Waals surface area contributed by atoms with Crippen LogP contribution < -0.4 is 14.8 Å². The summed E-state index contributed by atoms with van der Waals surface area (Å²) >= 11 is 6.09. The molecule has 0 heterocycles. The summed E-state index contributed by atoms with van der Waals surface area (Å²) in [7, 11) is 1.55. The van der Waals surface area contributed by atoms with Gasteiger partial charge in [-0.3, -0.25) is 4.79 Å². The first-order valence-corrected chi connectivity index (χ1v) is 8.61. The number of ether oxygens (including phenoxy) is 2. The molecule has 2 aromatic rings. The van der Waals surface area contributed by atoms with Gasteiger partial charge in [-0.25, -0.2) is 0 Å². The number of nitrogens with one attached hydrogen (secondary N) is 1. The average molecular weight is 362 g/mol. The van der Waals surface area contributed by atoms with E-state index in [1.54, 1.807) is 32.2 Å². The molecule has 2 aromatic carbocycles. The Hall–Kier alpha value is -2.20. The van der Waals surface area contributed by atoms with Crippen molar-refractivity contribution in [3.8, 4) is 11.5 Å². The van der Waals surface area contributed by atoms with Gasteiger partial charge in [-0.05, 0) is 55.2 Å². The highest BCUT2D eigenvalue weighted by molar-refractivity contribution is 6.32. The Morgan fingerprint density at radius 2 is 1.80 bits per heavy atom. The molecule has 0 spiro atoms. The van der Waals surface area contributed by atoms with E-state index >= 15 is 0 Å². The highest BCUT2D eigenvalue weighted by Crippen LogP contribution is 2.29. The molecule has 4 nitrogen and oxygen atoms in total. The second kappa shape index (κ2) is 8.26. The molecule has 0 saturated heterocycles. The molecular formula is C20H24ClNO3. The summed E-state index contributed by atoms with van der Waals surface area (Å²) in [6, 6.07) is 11.2. The van der Waals surface area contributed by atoms with Gasteiger partial charge in [-0.1, -0.05) is 37.6 Å². The molecule has 134 valence electrons. The van der Waals surface area contributed by atoms with E-state index in [2.05, 4.69) is 19.2 Å². The number of carbonyl (C=O) groups excluding carboxylic acids is 1. The summed E-state index contributed by atoms with van der Waals surface area (Å²) in [5, 5.41) is 3.25. The molecule has 1 N–H and O–H groups in total. The monoisotopic (exact) mass is 361 g/mol. The van der Waals surface area contributed by atoms with Crippen LogP contribution in [0.25, 0.3) is 0 Å². The zero-order valence-electron chi connectivity index (χ0n) is 15.2. The van der Waals surface area contributed by atoms with Crippen molar-refractivity contribution < 1.29 is 14.3 Å². The Morgan fingerprint density at radius 1 is 1.08 bits per heavy atom. The molecule has 1 atom stereocenters. The molecule has 5 heteroatoms. The minimum atomic E-state index is -0.639. The van der Waals surface area contributed by atoms with Crippen LogP contribution in [0.2, 0.25) is 5.02 Å². The van der Waals surface area contributed by atoms with E-state index in [4.69, 9.17) is 21.1 Å². The third-order valence-corrected chi connectivity index (χ3v) is 4.18. The quantitative estimate of drug-likeness (QED) is 0.770. The van der Waals surface area contributed by atoms with Crippen LogP contribution in [0.4, 0.5) is 5.69 Å². The second-order valence-corrected chi connectivity index (χ2v) is 6.70. The predicted molar refractivity (Wildman–Crippen MR) is 102 cm³/mol. The summed E-state index contributed by atoms with van der Waals surface area (Å²) in [6.07, 6.45) is -0.639. The van der Waals surface area contributed by atoms with E-state index in [1.807, 2.05) is 25.1 Å². The Labute approximate surface area is 154 Å². The molecule has 2 rings (SSSR count). The lowest BCUT2D eigenvalue weighted by molar-refractivity contribution is -0.122. The lowest BCUT2D eigenvalue weighted by Gasteiger charge is -2.19. The smallest absolute Gasteiger partial charge is 0.265 e. The average Bonchev–Trinajstić information content (AvgIpc) is 2.54. The fourth-order valence-corrected chi connectivity index (χ4v) is 2.71. The highest BCUT2D eigenvalue weighted by Gasteiger charge is 2.18. The molecule has 0 aliphatic carbocycles. The molecule has 0 aromatic heterocycles. The maximum Gasteiger partial charge on any atom is 0.265 e. The van der Waals surface area contributed by atoms with Crippen molar-refractivity contribution in [3.63, 3.8) is 0 Å². The lowest BCUT2D eigenvalue weighted by atomic mass is 10.0. The van der Waals surface area contributed by atoms with Crippen molar-refractivity contribution in [3.05, 3.63) is 52.5 Å². The zero-order valence-corrected chi connectivity index (χ0v) is 16.0. The molecule has 0 bridgehead atoms. The third-order valence-electron chi connectivity index (χ3n) is 3.88. The molecule has 0 aliphatic rings. The van der Waals surface area contributed by atoms with Crippen molar-refractivity contribution >= 4 is 23.2 Å². The van der Waals surface area contributed by atoms with Gasteiger partial charge in [-0.15, -0.1) is 0 Å². The van der Waals surface area contributed by atoms with Gasteiger partial charge >= 0.3 is 0 Å². The van der Waals surface area contributed by atoms with E-state index in [1.165, 1.54) is 0 Å². The van der Waals surface area contributed by atoms with Crippen molar-refractivity contribution in [2.75, 3.05) is 12.4 Å². The molecule has 1 amide bonds. The maximum atomic E-state index is 12.4. The fraction of sp³-hybridized carbons (Fsp3) is 0.350. The maximum absolute atomic E-state index is 12.4. The number of rotatable bonds is 6. The van der Waals surface area contributed by atoms with Crippen LogP contribution in [0.5, 0.6) is 11.5 Å². The summed E-state index contributed by atoms with van der Waals surface area (Å²) in [5.41, 5.74) is 2.77. The molecule has 0 aliphatic heterocycles. The van der Waals surface area contributed by atoms with E-state index in [9.17, 15) is 4.79 Å². The van der Waals surface area contributed by atoms with Gasteiger partial charge in [0.2, 0.25) is 0 Å². The van der Waals surface area contributed by atoms with Crippen LogP contribution in [-0.2, 0) is 4.79 Å². The van der Waals surface area contributed by atoms with Crippen molar-refractivity contribution in [1.29, 1.82) is 0 Å². The Morgan fingerprint density at radius 3 is 2.40 bits per heavy atom. The minimum Gasteiger partial charge on any atom is -0.495 e. The number of amides is 1. The summed E-state index contributed by atoms with van der Waals surface area (Å²) in [4.78, 5) is 12.4. The van der Waals surface area contributed by atoms with Gasteiger partial charge < -0.3 is 14.8 Å². The summed E-state index contributed by atoms with van der Waals surface area (Å²) in [6.45, 7) is 7.93. The molecular weight excluding hydrogens is 338 g/mol. The first kappa shape index (κ1) is 19.1. The number of anilines is 1. The Balaban J connectivity index is 2.11. The number of hydrogen-bond donors (Lipinski definition) is 1. The van der Waals surface area contributed by atoms with Crippen LogP contribution in [0.1, 0.15) is 37.8 Å². The van der Waals surface area contributed by atoms with Crippen LogP contribution in [0.3, 0.4) is 0 Å². The number of aryl methyl sites for hydroxylation is 1. The van der Waals surface area contributed by atoms with Gasteiger partial charge in [0.25, 0.3) is 5.91 Å². The van der Waals surface area contributed by atoms with E-state index in [-0.39, 0.29) is 5.91 Å². The number of carbonyl (C=O) groups is 1. The lowest BCUT2D eigenvalue weighted by Crippen LogP contribution is -2.30. The number of benzene rings is 2. The van der Waals surface area contributed by atoms with Gasteiger partial charge in [-0.2, -0.15) is 0 Å². The minimum absolute atomic E-state index is 0.238. The zero-order chi connectivity index (χ0) is 18.6. The van der Waals surface area contributed by atoms with Crippen molar-refractivity contribution in [1.82, 2.24) is 0 Å². The van der Waals surface area contributed by atoms with Crippen LogP contribution in [0, 0.1) is 6.92 Å². The number of hydrogen-bond acceptors (Lipinski definition) is 3. The van der Waals surface area contributed by atoms with Crippen LogP contribution >= 0.6 is 11.6 Å². The van der Waals surface area contributed by atoms with E-state index in [0.29, 0.717) is 22.4 Å². The van der Waals surface area contributed by atoms with E-state index < -0.39 is 6.10 Å². The number of methoxy groups -OCH3 is 1. The molecule has 0 saturated carbocycles.